The number of aliphatic hydroxyl groups excluding tert-OH is 1. The Morgan fingerprint density at radius 1 is 1.43 bits per heavy atom. The van der Waals surface area contributed by atoms with Crippen molar-refractivity contribution >= 4 is 17.5 Å². The minimum Gasteiger partial charge on any atom is -0.387 e. The SMILES string of the molecule is O=C(NCC(O)c1ccc(Cl)c(F)c1)c1ccnc(C2CC2)n1. The zero-order chi connectivity index (χ0) is 16.4. The highest BCUT2D eigenvalue weighted by molar-refractivity contribution is 6.30. The summed E-state index contributed by atoms with van der Waals surface area (Å²) in [5.74, 6) is 0.0190. The molecular formula is C16H15ClFN3O2. The van der Waals surface area contributed by atoms with Gasteiger partial charge in [0.15, 0.2) is 0 Å². The fourth-order valence-corrected chi connectivity index (χ4v) is 2.27. The van der Waals surface area contributed by atoms with Crippen LogP contribution in [0.1, 0.15) is 46.7 Å². The number of halogens is 2. The molecule has 1 atom stereocenters. The second-order valence-electron chi connectivity index (χ2n) is 5.47. The van der Waals surface area contributed by atoms with Gasteiger partial charge in [-0.1, -0.05) is 17.7 Å². The molecule has 2 N–H and O–H groups in total. The fraction of sp³-hybridized carbons (Fsp3) is 0.312. The third kappa shape index (κ3) is 3.83. The first-order chi connectivity index (χ1) is 11.0. The molecule has 2 aromatic rings. The van der Waals surface area contributed by atoms with E-state index in [4.69, 9.17) is 11.6 Å². The van der Waals surface area contributed by atoms with Gasteiger partial charge in [0.2, 0.25) is 0 Å². The first-order valence-corrected chi connectivity index (χ1v) is 7.66. The van der Waals surface area contributed by atoms with Crippen molar-refractivity contribution < 1.29 is 14.3 Å². The van der Waals surface area contributed by atoms with E-state index in [-0.39, 0.29) is 17.3 Å². The lowest BCUT2D eigenvalue weighted by atomic mass is 10.1. The van der Waals surface area contributed by atoms with E-state index in [1.807, 2.05) is 0 Å². The maximum atomic E-state index is 13.4. The Morgan fingerprint density at radius 2 is 2.22 bits per heavy atom. The Morgan fingerprint density at radius 3 is 2.91 bits per heavy atom. The summed E-state index contributed by atoms with van der Waals surface area (Å²) in [6.45, 7) is -0.0529. The van der Waals surface area contributed by atoms with Gasteiger partial charge < -0.3 is 10.4 Å². The van der Waals surface area contributed by atoms with Gasteiger partial charge in [-0.2, -0.15) is 0 Å². The van der Waals surface area contributed by atoms with E-state index in [1.54, 1.807) is 6.20 Å². The van der Waals surface area contributed by atoms with Gasteiger partial charge in [0.25, 0.3) is 5.91 Å². The zero-order valence-corrected chi connectivity index (χ0v) is 12.9. The van der Waals surface area contributed by atoms with Crippen LogP contribution in [0.4, 0.5) is 4.39 Å². The molecule has 1 heterocycles. The topological polar surface area (TPSA) is 75.1 Å². The maximum Gasteiger partial charge on any atom is 0.270 e. The second kappa shape index (κ2) is 6.60. The molecule has 0 spiro atoms. The third-order valence-corrected chi connectivity index (χ3v) is 3.94. The zero-order valence-electron chi connectivity index (χ0n) is 12.2. The first-order valence-electron chi connectivity index (χ1n) is 7.28. The standard InChI is InChI=1S/C16H15ClFN3O2/c17-11-4-3-10(7-12(11)18)14(22)8-20-16(23)13-5-6-19-15(21-13)9-1-2-9/h3-7,9,14,22H,1-2,8H2,(H,20,23). The number of carbonyl (C=O) groups is 1. The minimum atomic E-state index is -1.03. The molecule has 7 heteroatoms. The van der Waals surface area contributed by atoms with Crippen molar-refractivity contribution in [2.45, 2.75) is 24.9 Å². The summed E-state index contributed by atoms with van der Waals surface area (Å²) < 4.78 is 13.4. The molecule has 0 saturated heterocycles. The summed E-state index contributed by atoms with van der Waals surface area (Å²) in [6.07, 6.45) is 2.62. The summed E-state index contributed by atoms with van der Waals surface area (Å²) in [4.78, 5) is 20.5. The Bertz CT molecular complexity index is 737. The Hall–Kier alpha value is -2.05. The van der Waals surface area contributed by atoms with Crippen molar-refractivity contribution in [2.75, 3.05) is 6.54 Å². The lowest BCUT2D eigenvalue weighted by Gasteiger charge is -2.12. The molecule has 3 rings (SSSR count). The van der Waals surface area contributed by atoms with E-state index < -0.39 is 17.8 Å². The van der Waals surface area contributed by atoms with Crippen LogP contribution in [0.25, 0.3) is 0 Å². The van der Waals surface area contributed by atoms with Gasteiger partial charge in [-0.05, 0) is 36.6 Å². The van der Waals surface area contributed by atoms with Crippen LogP contribution < -0.4 is 5.32 Å². The van der Waals surface area contributed by atoms with Gasteiger partial charge in [-0.3, -0.25) is 4.79 Å². The molecule has 1 aliphatic carbocycles. The number of nitrogens with one attached hydrogen (secondary N) is 1. The van der Waals surface area contributed by atoms with Gasteiger partial charge in [-0.15, -0.1) is 0 Å². The van der Waals surface area contributed by atoms with E-state index in [0.29, 0.717) is 17.3 Å². The fourth-order valence-electron chi connectivity index (χ4n) is 2.16. The molecule has 1 aromatic carbocycles. The van der Waals surface area contributed by atoms with E-state index in [2.05, 4.69) is 15.3 Å². The predicted molar refractivity (Wildman–Crippen MR) is 82.7 cm³/mol. The summed E-state index contributed by atoms with van der Waals surface area (Å²) in [7, 11) is 0. The van der Waals surface area contributed by atoms with Crippen molar-refractivity contribution in [3.63, 3.8) is 0 Å². The Kier molecular flexibility index (Phi) is 4.54. The first kappa shape index (κ1) is 15.8. The van der Waals surface area contributed by atoms with Gasteiger partial charge in [0, 0.05) is 18.7 Å². The lowest BCUT2D eigenvalue weighted by molar-refractivity contribution is 0.0911. The smallest absolute Gasteiger partial charge is 0.270 e. The van der Waals surface area contributed by atoms with Crippen LogP contribution in [-0.2, 0) is 0 Å². The Labute approximate surface area is 137 Å². The summed E-state index contributed by atoms with van der Waals surface area (Å²) in [6, 6.07) is 5.55. The van der Waals surface area contributed by atoms with Gasteiger partial charge >= 0.3 is 0 Å². The Balaban J connectivity index is 1.61. The number of hydrogen-bond donors (Lipinski definition) is 2. The molecule has 1 aliphatic rings. The van der Waals surface area contributed by atoms with E-state index in [1.165, 1.54) is 18.2 Å². The van der Waals surface area contributed by atoms with Crippen LogP contribution >= 0.6 is 11.6 Å². The molecule has 1 amide bonds. The predicted octanol–water partition coefficient (Wildman–Crippen LogP) is 2.61. The van der Waals surface area contributed by atoms with Gasteiger partial charge in [0.05, 0.1) is 11.1 Å². The number of amides is 1. The van der Waals surface area contributed by atoms with Gasteiger partial charge in [0.1, 0.15) is 17.3 Å². The summed E-state index contributed by atoms with van der Waals surface area (Å²) in [5, 5.41) is 12.6. The van der Waals surface area contributed by atoms with Crippen LogP contribution in [0, 0.1) is 5.82 Å². The number of rotatable bonds is 5. The van der Waals surface area contributed by atoms with Crippen LogP contribution in [0.15, 0.2) is 30.5 Å². The molecule has 5 nitrogen and oxygen atoms in total. The number of carbonyl (C=O) groups excluding carboxylic acids is 1. The van der Waals surface area contributed by atoms with Crippen molar-refractivity contribution in [1.29, 1.82) is 0 Å². The number of benzene rings is 1. The highest BCUT2D eigenvalue weighted by atomic mass is 35.5. The number of aromatic nitrogens is 2. The van der Waals surface area contributed by atoms with E-state index >= 15 is 0 Å². The van der Waals surface area contributed by atoms with Crippen molar-refractivity contribution in [2.24, 2.45) is 0 Å². The average molecular weight is 336 g/mol. The third-order valence-electron chi connectivity index (χ3n) is 3.63. The second-order valence-corrected chi connectivity index (χ2v) is 5.88. The number of aliphatic hydroxyl groups is 1. The molecule has 0 aliphatic heterocycles. The molecule has 1 unspecified atom stereocenters. The summed E-state index contributed by atoms with van der Waals surface area (Å²) in [5.41, 5.74) is 0.602. The molecule has 1 saturated carbocycles. The van der Waals surface area contributed by atoms with Crippen LogP contribution in [0.5, 0.6) is 0 Å². The average Bonchev–Trinajstić information content (AvgIpc) is 3.40. The van der Waals surface area contributed by atoms with Crippen LogP contribution in [0.2, 0.25) is 5.02 Å². The summed E-state index contributed by atoms with van der Waals surface area (Å²) >= 11 is 5.60. The molecule has 120 valence electrons. The number of hydrogen-bond acceptors (Lipinski definition) is 4. The lowest BCUT2D eigenvalue weighted by Crippen LogP contribution is -2.29. The molecule has 1 aromatic heterocycles. The molecular weight excluding hydrogens is 321 g/mol. The molecule has 23 heavy (non-hydrogen) atoms. The van der Waals surface area contributed by atoms with Crippen LogP contribution in [-0.4, -0.2) is 27.5 Å². The van der Waals surface area contributed by atoms with E-state index in [9.17, 15) is 14.3 Å². The van der Waals surface area contributed by atoms with Crippen molar-refractivity contribution in [1.82, 2.24) is 15.3 Å². The van der Waals surface area contributed by atoms with Crippen molar-refractivity contribution in [3.05, 3.63) is 58.4 Å². The highest BCUT2D eigenvalue weighted by Gasteiger charge is 2.27. The normalized spacial score (nSPS) is 15.3. The molecule has 1 fully saturated rings. The molecule has 0 radical (unpaired) electrons. The van der Waals surface area contributed by atoms with Gasteiger partial charge in [-0.25, -0.2) is 14.4 Å². The quantitative estimate of drug-likeness (QED) is 0.880. The minimum absolute atomic E-state index is 0.0152. The number of nitrogens with zero attached hydrogens (tertiary/aromatic N) is 2. The maximum absolute atomic E-state index is 13.4. The molecule has 0 bridgehead atoms. The van der Waals surface area contributed by atoms with Crippen LogP contribution in [0.3, 0.4) is 0 Å². The largest absolute Gasteiger partial charge is 0.387 e. The monoisotopic (exact) mass is 335 g/mol. The highest BCUT2D eigenvalue weighted by Crippen LogP contribution is 2.37. The van der Waals surface area contributed by atoms with E-state index in [0.717, 1.165) is 18.9 Å². The van der Waals surface area contributed by atoms with Crippen molar-refractivity contribution in [3.8, 4) is 0 Å².